The van der Waals surface area contributed by atoms with Crippen molar-refractivity contribution in [1.82, 2.24) is 0 Å². The lowest BCUT2D eigenvalue weighted by atomic mass is 10.1. The van der Waals surface area contributed by atoms with Crippen molar-refractivity contribution in [3.05, 3.63) is 59.2 Å². The Bertz CT molecular complexity index is 784. The van der Waals surface area contributed by atoms with Crippen LogP contribution in [0.4, 0.5) is 0 Å². The molecule has 0 heterocycles. The van der Waals surface area contributed by atoms with E-state index in [-0.39, 0.29) is 6.79 Å². The van der Waals surface area contributed by atoms with Crippen molar-refractivity contribution in [1.29, 1.82) is 0 Å². The molecule has 0 aliphatic carbocycles. The SMILES string of the molecule is CCCOc1ccc(C#Cc2ccc(C(=O)OC)c(OCOC)c2)cc1. The molecule has 0 spiro atoms. The number of methoxy groups -OCH3 is 2. The van der Waals surface area contributed by atoms with Gasteiger partial charge in [0.1, 0.15) is 17.1 Å². The Labute approximate surface area is 153 Å². The second kappa shape index (κ2) is 10.1. The van der Waals surface area contributed by atoms with Crippen molar-refractivity contribution in [2.24, 2.45) is 0 Å². The Morgan fingerprint density at radius 1 is 0.962 bits per heavy atom. The Kier molecular flexibility index (Phi) is 7.53. The number of carbonyl (C=O) groups excluding carboxylic acids is 1. The van der Waals surface area contributed by atoms with Crippen LogP contribution in [0.15, 0.2) is 42.5 Å². The van der Waals surface area contributed by atoms with E-state index >= 15 is 0 Å². The number of rotatable bonds is 7. The molecule has 0 bridgehead atoms. The third-order valence-corrected chi connectivity index (χ3v) is 3.40. The van der Waals surface area contributed by atoms with Crippen molar-refractivity contribution >= 4 is 5.97 Å². The van der Waals surface area contributed by atoms with Crippen molar-refractivity contribution in [3.8, 4) is 23.3 Å². The smallest absolute Gasteiger partial charge is 0.341 e. The van der Waals surface area contributed by atoms with E-state index in [0.29, 0.717) is 17.9 Å². The highest BCUT2D eigenvalue weighted by Gasteiger charge is 2.13. The van der Waals surface area contributed by atoms with Gasteiger partial charge in [0, 0.05) is 18.2 Å². The Morgan fingerprint density at radius 2 is 1.65 bits per heavy atom. The van der Waals surface area contributed by atoms with Crippen LogP contribution in [0, 0.1) is 11.8 Å². The molecule has 0 saturated carbocycles. The third-order valence-electron chi connectivity index (χ3n) is 3.40. The summed E-state index contributed by atoms with van der Waals surface area (Å²) in [5.41, 5.74) is 1.91. The summed E-state index contributed by atoms with van der Waals surface area (Å²) in [4.78, 5) is 11.8. The van der Waals surface area contributed by atoms with Crippen molar-refractivity contribution in [3.63, 3.8) is 0 Å². The quantitative estimate of drug-likeness (QED) is 0.432. The first-order chi connectivity index (χ1) is 12.7. The molecule has 2 aromatic rings. The lowest BCUT2D eigenvalue weighted by Gasteiger charge is -2.09. The third kappa shape index (κ3) is 5.54. The summed E-state index contributed by atoms with van der Waals surface area (Å²) in [5.74, 6) is 6.87. The lowest BCUT2D eigenvalue weighted by molar-refractivity contribution is 0.0465. The second-order valence-corrected chi connectivity index (χ2v) is 5.38. The number of carbonyl (C=O) groups is 1. The highest BCUT2D eigenvalue weighted by atomic mass is 16.7. The van der Waals surface area contributed by atoms with Crippen LogP contribution in [-0.2, 0) is 9.47 Å². The molecule has 0 aliphatic rings. The molecular weight excluding hydrogens is 332 g/mol. The van der Waals surface area contributed by atoms with Gasteiger partial charge in [-0.1, -0.05) is 18.8 Å². The topological polar surface area (TPSA) is 54.0 Å². The molecule has 0 amide bonds. The molecule has 0 aliphatic heterocycles. The van der Waals surface area contributed by atoms with E-state index in [4.69, 9.17) is 18.9 Å². The van der Waals surface area contributed by atoms with Crippen LogP contribution in [0.25, 0.3) is 0 Å². The average molecular weight is 354 g/mol. The first kappa shape index (κ1) is 19.4. The maximum absolute atomic E-state index is 11.8. The van der Waals surface area contributed by atoms with Crippen LogP contribution < -0.4 is 9.47 Å². The van der Waals surface area contributed by atoms with Gasteiger partial charge < -0.3 is 18.9 Å². The average Bonchev–Trinajstić information content (AvgIpc) is 2.69. The van der Waals surface area contributed by atoms with E-state index < -0.39 is 5.97 Å². The fourth-order valence-electron chi connectivity index (χ4n) is 2.12. The van der Waals surface area contributed by atoms with Gasteiger partial charge in [-0.2, -0.15) is 0 Å². The van der Waals surface area contributed by atoms with Crippen LogP contribution in [-0.4, -0.2) is 33.6 Å². The first-order valence-electron chi connectivity index (χ1n) is 8.27. The molecule has 0 N–H and O–H groups in total. The zero-order chi connectivity index (χ0) is 18.8. The summed E-state index contributed by atoms with van der Waals surface area (Å²) in [6.07, 6.45) is 0.969. The summed E-state index contributed by atoms with van der Waals surface area (Å²) < 4.78 is 20.7. The molecule has 0 saturated heterocycles. The predicted molar refractivity (Wildman–Crippen MR) is 98.5 cm³/mol. The molecule has 2 aromatic carbocycles. The zero-order valence-electron chi connectivity index (χ0n) is 15.2. The van der Waals surface area contributed by atoms with Crippen molar-refractivity contribution in [2.45, 2.75) is 13.3 Å². The van der Waals surface area contributed by atoms with Gasteiger partial charge in [0.25, 0.3) is 0 Å². The standard InChI is InChI=1S/C21H22O5/c1-4-13-25-18-10-7-16(8-11-18)5-6-17-9-12-19(21(22)24-3)20(14-17)26-15-23-2/h7-12,14H,4,13,15H2,1-3H3. The fourth-order valence-corrected chi connectivity index (χ4v) is 2.12. The van der Waals surface area contributed by atoms with Crippen molar-refractivity contribution in [2.75, 3.05) is 27.6 Å². The van der Waals surface area contributed by atoms with E-state index in [9.17, 15) is 4.79 Å². The minimum Gasteiger partial charge on any atom is -0.494 e. The molecular formula is C21H22O5. The van der Waals surface area contributed by atoms with Gasteiger partial charge in [0.2, 0.25) is 0 Å². The zero-order valence-corrected chi connectivity index (χ0v) is 15.2. The van der Waals surface area contributed by atoms with E-state index in [1.807, 2.05) is 24.3 Å². The number of ether oxygens (including phenoxy) is 4. The summed E-state index contributed by atoms with van der Waals surface area (Å²) in [5, 5.41) is 0. The highest BCUT2D eigenvalue weighted by molar-refractivity contribution is 5.92. The maximum Gasteiger partial charge on any atom is 0.341 e. The number of benzene rings is 2. The molecule has 26 heavy (non-hydrogen) atoms. The van der Waals surface area contributed by atoms with Crippen LogP contribution in [0.5, 0.6) is 11.5 Å². The molecule has 0 atom stereocenters. The predicted octanol–water partition coefficient (Wildman–Crippen LogP) is 3.64. The summed E-state index contributed by atoms with van der Waals surface area (Å²) >= 11 is 0. The summed E-state index contributed by atoms with van der Waals surface area (Å²) in [6, 6.07) is 12.7. The minimum absolute atomic E-state index is 0.0279. The van der Waals surface area contributed by atoms with Crippen LogP contribution in [0.2, 0.25) is 0 Å². The van der Waals surface area contributed by atoms with Gasteiger partial charge >= 0.3 is 5.97 Å². The summed E-state index contributed by atoms with van der Waals surface area (Å²) in [7, 11) is 2.83. The van der Waals surface area contributed by atoms with Gasteiger partial charge in [-0.15, -0.1) is 0 Å². The van der Waals surface area contributed by atoms with Crippen LogP contribution in [0.3, 0.4) is 0 Å². The van der Waals surface area contributed by atoms with Gasteiger partial charge in [-0.25, -0.2) is 4.79 Å². The van der Waals surface area contributed by atoms with Crippen LogP contribution in [0.1, 0.15) is 34.8 Å². The Balaban J connectivity index is 2.19. The van der Waals surface area contributed by atoms with Gasteiger partial charge in [-0.05, 0) is 48.9 Å². The van der Waals surface area contributed by atoms with Crippen molar-refractivity contribution < 1.29 is 23.7 Å². The van der Waals surface area contributed by atoms with E-state index in [0.717, 1.165) is 23.3 Å². The van der Waals surface area contributed by atoms with Gasteiger partial charge in [0.15, 0.2) is 6.79 Å². The largest absolute Gasteiger partial charge is 0.494 e. The molecule has 0 unspecified atom stereocenters. The molecule has 5 nitrogen and oxygen atoms in total. The van der Waals surface area contributed by atoms with E-state index in [1.165, 1.54) is 14.2 Å². The molecule has 5 heteroatoms. The number of esters is 1. The van der Waals surface area contributed by atoms with Gasteiger partial charge in [-0.3, -0.25) is 0 Å². The Hall–Kier alpha value is -2.97. The van der Waals surface area contributed by atoms with Crippen LogP contribution >= 0.6 is 0 Å². The maximum atomic E-state index is 11.8. The van der Waals surface area contributed by atoms with E-state index in [2.05, 4.69) is 18.8 Å². The minimum atomic E-state index is -0.474. The van der Waals surface area contributed by atoms with Gasteiger partial charge in [0.05, 0.1) is 13.7 Å². The lowest BCUT2D eigenvalue weighted by Crippen LogP contribution is -2.07. The highest BCUT2D eigenvalue weighted by Crippen LogP contribution is 2.21. The fraction of sp³-hybridized carbons (Fsp3) is 0.286. The molecule has 2 rings (SSSR count). The molecule has 0 aromatic heterocycles. The second-order valence-electron chi connectivity index (χ2n) is 5.38. The van der Waals surface area contributed by atoms with E-state index in [1.54, 1.807) is 18.2 Å². The monoisotopic (exact) mass is 354 g/mol. The molecule has 0 radical (unpaired) electrons. The normalized spacial score (nSPS) is 9.81. The molecule has 0 fully saturated rings. The number of hydrogen-bond acceptors (Lipinski definition) is 5. The first-order valence-corrected chi connectivity index (χ1v) is 8.27. The Morgan fingerprint density at radius 3 is 2.31 bits per heavy atom. The number of hydrogen-bond donors (Lipinski definition) is 0. The molecule has 136 valence electrons. The summed E-state index contributed by atoms with van der Waals surface area (Å²) in [6.45, 7) is 2.79.